The molecule has 20 heavy (non-hydrogen) atoms. The van der Waals surface area contributed by atoms with Crippen LogP contribution in [0.5, 0.6) is 0 Å². The minimum absolute atomic E-state index is 0.0789. The Labute approximate surface area is 119 Å². The molecular formula is C15H22N2O3. The number of amides is 1. The Morgan fingerprint density at radius 2 is 1.70 bits per heavy atom. The van der Waals surface area contributed by atoms with Crippen molar-refractivity contribution in [2.75, 3.05) is 25.0 Å². The lowest BCUT2D eigenvalue weighted by molar-refractivity contribution is -0.138. The number of hydrogen-bond acceptors (Lipinski definition) is 3. The van der Waals surface area contributed by atoms with E-state index < -0.39 is 5.97 Å². The van der Waals surface area contributed by atoms with Gasteiger partial charge in [0, 0.05) is 5.69 Å². The predicted molar refractivity (Wildman–Crippen MR) is 79.0 cm³/mol. The van der Waals surface area contributed by atoms with Crippen molar-refractivity contribution in [3.05, 3.63) is 28.8 Å². The van der Waals surface area contributed by atoms with Gasteiger partial charge in [-0.3, -0.25) is 14.5 Å². The fraction of sp³-hybridized carbons (Fsp3) is 0.467. The van der Waals surface area contributed by atoms with Gasteiger partial charge in [0.2, 0.25) is 5.91 Å². The van der Waals surface area contributed by atoms with Gasteiger partial charge in [-0.25, -0.2) is 0 Å². The molecule has 0 spiro atoms. The lowest BCUT2D eigenvalue weighted by Crippen LogP contribution is -2.36. The van der Waals surface area contributed by atoms with Crippen LogP contribution in [-0.4, -0.2) is 41.5 Å². The van der Waals surface area contributed by atoms with E-state index in [9.17, 15) is 9.59 Å². The van der Waals surface area contributed by atoms with E-state index in [4.69, 9.17) is 5.11 Å². The van der Waals surface area contributed by atoms with Crippen LogP contribution in [0.2, 0.25) is 0 Å². The van der Waals surface area contributed by atoms with Crippen LogP contribution in [0.3, 0.4) is 0 Å². The molecule has 5 nitrogen and oxygen atoms in total. The van der Waals surface area contributed by atoms with Crippen molar-refractivity contribution in [1.82, 2.24) is 4.90 Å². The molecule has 0 atom stereocenters. The van der Waals surface area contributed by atoms with Crippen LogP contribution in [0.25, 0.3) is 0 Å². The number of carbonyl (C=O) groups is 2. The largest absolute Gasteiger partial charge is 0.480 e. The summed E-state index contributed by atoms with van der Waals surface area (Å²) in [6.45, 7) is 8.21. The van der Waals surface area contributed by atoms with Crippen molar-refractivity contribution in [2.45, 2.75) is 27.7 Å². The molecule has 0 radical (unpaired) electrons. The van der Waals surface area contributed by atoms with E-state index >= 15 is 0 Å². The molecule has 0 saturated carbocycles. The first-order valence-electron chi connectivity index (χ1n) is 6.65. The highest BCUT2D eigenvalue weighted by Crippen LogP contribution is 2.21. The second kappa shape index (κ2) is 7.05. The van der Waals surface area contributed by atoms with Crippen LogP contribution >= 0.6 is 0 Å². The quantitative estimate of drug-likeness (QED) is 0.834. The smallest absolute Gasteiger partial charge is 0.317 e. The van der Waals surface area contributed by atoms with E-state index in [1.807, 2.05) is 39.8 Å². The van der Waals surface area contributed by atoms with E-state index in [1.165, 1.54) is 0 Å². The molecule has 0 aliphatic heterocycles. The predicted octanol–water partition coefficient (Wildman–Crippen LogP) is 1.96. The van der Waals surface area contributed by atoms with E-state index in [0.717, 1.165) is 22.4 Å². The first-order valence-corrected chi connectivity index (χ1v) is 6.65. The molecule has 0 heterocycles. The van der Waals surface area contributed by atoms with Crippen molar-refractivity contribution in [3.63, 3.8) is 0 Å². The van der Waals surface area contributed by atoms with Gasteiger partial charge >= 0.3 is 5.97 Å². The van der Waals surface area contributed by atoms with Crippen LogP contribution in [-0.2, 0) is 9.59 Å². The maximum Gasteiger partial charge on any atom is 0.317 e. The van der Waals surface area contributed by atoms with Crippen LogP contribution in [0, 0.1) is 20.8 Å². The average Bonchev–Trinajstić information content (AvgIpc) is 2.32. The van der Waals surface area contributed by atoms with Gasteiger partial charge in [0.25, 0.3) is 0 Å². The third-order valence-electron chi connectivity index (χ3n) is 3.11. The molecule has 0 aliphatic carbocycles. The number of anilines is 1. The van der Waals surface area contributed by atoms with Crippen molar-refractivity contribution < 1.29 is 14.7 Å². The number of aryl methyl sites for hydroxylation is 3. The summed E-state index contributed by atoms with van der Waals surface area (Å²) in [5, 5.41) is 11.6. The maximum absolute atomic E-state index is 12.0. The normalized spacial score (nSPS) is 10.7. The lowest BCUT2D eigenvalue weighted by atomic mass is 10.1. The number of carboxylic acid groups (broad SMARTS) is 1. The SMILES string of the molecule is CCN(CC(=O)O)CC(=O)Nc1c(C)cc(C)cc1C. The first kappa shape index (κ1) is 16.2. The highest BCUT2D eigenvalue weighted by Gasteiger charge is 2.14. The number of likely N-dealkylation sites (N-methyl/N-ethyl adjacent to an activating group) is 1. The summed E-state index contributed by atoms with van der Waals surface area (Å²) in [5.74, 6) is -1.12. The summed E-state index contributed by atoms with van der Waals surface area (Å²) in [7, 11) is 0. The van der Waals surface area contributed by atoms with Gasteiger partial charge in [-0.2, -0.15) is 0 Å². The van der Waals surface area contributed by atoms with E-state index in [1.54, 1.807) is 4.90 Å². The highest BCUT2D eigenvalue weighted by atomic mass is 16.4. The Kier molecular flexibility index (Phi) is 5.70. The Morgan fingerprint density at radius 3 is 2.15 bits per heavy atom. The summed E-state index contributed by atoms with van der Waals surface area (Å²) >= 11 is 0. The minimum Gasteiger partial charge on any atom is -0.480 e. The zero-order chi connectivity index (χ0) is 15.3. The fourth-order valence-corrected chi connectivity index (χ4v) is 2.23. The molecular weight excluding hydrogens is 256 g/mol. The van der Waals surface area contributed by atoms with Gasteiger partial charge in [0.05, 0.1) is 13.1 Å². The molecule has 0 bridgehead atoms. The standard InChI is InChI=1S/C15H22N2O3/c1-5-17(9-14(19)20)8-13(18)16-15-11(3)6-10(2)7-12(15)4/h6-7H,5,8-9H2,1-4H3,(H,16,18)(H,19,20). The van der Waals surface area contributed by atoms with Gasteiger partial charge in [-0.15, -0.1) is 0 Å². The van der Waals surface area contributed by atoms with E-state index in [0.29, 0.717) is 6.54 Å². The third-order valence-corrected chi connectivity index (χ3v) is 3.11. The maximum atomic E-state index is 12.0. The molecule has 2 N–H and O–H groups in total. The minimum atomic E-state index is -0.928. The fourth-order valence-electron chi connectivity index (χ4n) is 2.23. The zero-order valence-corrected chi connectivity index (χ0v) is 12.5. The monoisotopic (exact) mass is 278 g/mol. The topological polar surface area (TPSA) is 69.6 Å². The Balaban J connectivity index is 2.73. The number of benzene rings is 1. The molecule has 1 rings (SSSR count). The molecule has 5 heteroatoms. The number of hydrogen-bond donors (Lipinski definition) is 2. The average molecular weight is 278 g/mol. The molecule has 0 unspecified atom stereocenters. The number of carbonyl (C=O) groups excluding carboxylic acids is 1. The van der Waals surface area contributed by atoms with Gasteiger partial charge in [-0.05, 0) is 38.4 Å². The van der Waals surface area contributed by atoms with Crippen molar-refractivity contribution >= 4 is 17.6 Å². The molecule has 1 aromatic rings. The van der Waals surface area contributed by atoms with Crippen LogP contribution in [0.15, 0.2) is 12.1 Å². The number of rotatable bonds is 6. The van der Waals surface area contributed by atoms with Crippen molar-refractivity contribution in [3.8, 4) is 0 Å². The van der Waals surface area contributed by atoms with E-state index in [-0.39, 0.29) is 19.0 Å². The zero-order valence-electron chi connectivity index (χ0n) is 12.5. The van der Waals surface area contributed by atoms with Crippen molar-refractivity contribution in [1.29, 1.82) is 0 Å². The summed E-state index contributed by atoms with van der Waals surface area (Å²) in [6.07, 6.45) is 0. The second-order valence-electron chi connectivity index (χ2n) is 5.02. The molecule has 0 aromatic heterocycles. The van der Waals surface area contributed by atoms with Gasteiger partial charge in [0.1, 0.15) is 0 Å². The summed E-state index contributed by atoms with van der Waals surface area (Å²) in [6, 6.07) is 4.02. The summed E-state index contributed by atoms with van der Waals surface area (Å²) < 4.78 is 0. The van der Waals surface area contributed by atoms with Crippen LogP contribution in [0.4, 0.5) is 5.69 Å². The molecule has 0 fully saturated rings. The Hall–Kier alpha value is -1.88. The van der Waals surface area contributed by atoms with Crippen LogP contribution < -0.4 is 5.32 Å². The Morgan fingerprint density at radius 1 is 1.15 bits per heavy atom. The second-order valence-corrected chi connectivity index (χ2v) is 5.02. The number of carboxylic acids is 1. The van der Waals surface area contributed by atoms with Crippen LogP contribution in [0.1, 0.15) is 23.6 Å². The molecule has 1 aromatic carbocycles. The lowest BCUT2D eigenvalue weighted by Gasteiger charge is -2.19. The van der Waals surface area contributed by atoms with E-state index in [2.05, 4.69) is 5.32 Å². The third kappa shape index (κ3) is 4.66. The first-order chi connectivity index (χ1) is 9.33. The van der Waals surface area contributed by atoms with Gasteiger partial charge in [0.15, 0.2) is 0 Å². The van der Waals surface area contributed by atoms with Gasteiger partial charge < -0.3 is 10.4 Å². The molecule has 0 saturated heterocycles. The number of aliphatic carboxylic acids is 1. The Bertz CT molecular complexity index is 489. The molecule has 1 amide bonds. The summed E-state index contributed by atoms with van der Waals surface area (Å²) in [5.41, 5.74) is 3.99. The van der Waals surface area contributed by atoms with Gasteiger partial charge in [-0.1, -0.05) is 24.6 Å². The molecule has 0 aliphatic rings. The molecule has 110 valence electrons. The number of nitrogens with one attached hydrogen (secondary N) is 1. The highest BCUT2D eigenvalue weighted by molar-refractivity contribution is 5.94. The van der Waals surface area contributed by atoms with Crippen molar-refractivity contribution in [2.24, 2.45) is 0 Å². The summed E-state index contributed by atoms with van der Waals surface area (Å²) in [4.78, 5) is 24.3. The number of nitrogens with zero attached hydrogens (tertiary/aromatic N) is 1.